The van der Waals surface area contributed by atoms with Gasteiger partial charge in [-0.1, -0.05) is 6.07 Å². The Hall–Kier alpha value is -2.12. The summed E-state index contributed by atoms with van der Waals surface area (Å²) in [5, 5.41) is 10.7. The van der Waals surface area contributed by atoms with E-state index in [9.17, 15) is 0 Å². The monoisotopic (exact) mass is 346 g/mol. The summed E-state index contributed by atoms with van der Waals surface area (Å²) >= 11 is 3.36. The van der Waals surface area contributed by atoms with Gasteiger partial charge in [-0.15, -0.1) is 22.7 Å². The first-order valence-corrected chi connectivity index (χ1v) is 8.98. The maximum Gasteiger partial charge on any atom is 0.236 e. The SMILES string of the molecule is CN=C(NCc1coc(-c2cccs2)n1)NCc1sccc1C. The molecule has 0 aliphatic heterocycles. The summed E-state index contributed by atoms with van der Waals surface area (Å²) in [6.45, 7) is 3.45. The number of rotatable bonds is 5. The van der Waals surface area contributed by atoms with E-state index >= 15 is 0 Å². The summed E-state index contributed by atoms with van der Waals surface area (Å²) in [7, 11) is 1.76. The van der Waals surface area contributed by atoms with Crippen molar-refractivity contribution in [1.29, 1.82) is 0 Å². The number of oxazole rings is 1. The molecule has 3 rings (SSSR count). The molecule has 0 aliphatic carbocycles. The van der Waals surface area contributed by atoms with E-state index in [0.717, 1.165) is 23.1 Å². The van der Waals surface area contributed by atoms with Crippen molar-refractivity contribution in [2.45, 2.75) is 20.0 Å². The Labute approximate surface area is 143 Å². The molecule has 0 amide bonds. The number of guanidine groups is 1. The number of aryl methyl sites for hydroxylation is 1. The van der Waals surface area contributed by atoms with Gasteiger partial charge in [0.1, 0.15) is 6.26 Å². The second kappa shape index (κ2) is 7.43. The number of aromatic nitrogens is 1. The molecule has 23 heavy (non-hydrogen) atoms. The predicted octanol–water partition coefficient (Wildman–Crippen LogP) is 3.64. The van der Waals surface area contributed by atoms with Crippen molar-refractivity contribution < 1.29 is 4.42 Å². The average Bonchev–Trinajstić information content (AvgIpc) is 3.28. The lowest BCUT2D eigenvalue weighted by Crippen LogP contribution is -2.36. The van der Waals surface area contributed by atoms with E-state index in [0.29, 0.717) is 12.4 Å². The highest BCUT2D eigenvalue weighted by molar-refractivity contribution is 7.13. The van der Waals surface area contributed by atoms with E-state index in [2.05, 4.69) is 39.0 Å². The molecule has 0 atom stereocenters. The molecular formula is C16H18N4OS2. The lowest BCUT2D eigenvalue weighted by atomic mass is 10.3. The maximum absolute atomic E-state index is 5.51. The lowest BCUT2D eigenvalue weighted by Gasteiger charge is -2.10. The largest absolute Gasteiger partial charge is 0.443 e. The van der Waals surface area contributed by atoms with Crippen LogP contribution in [0.2, 0.25) is 0 Å². The standard InChI is InChI=1S/C16H18N4OS2/c1-11-5-7-23-14(11)9-19-16(17-2)18-8-12-10-21-15(20-12)13-4-3-6-22-13/h3-7,10H,8-9H2,1-2H3,(H2,17,18,19). The molecule has 0 unspecified atom stereocenters. The van der Waals surface area contributed by atoms with Crippen molar-refractivity contribution in [3.05, 3.63) is 51.4 Å². The first kappa shape index (κ1) is 15.8. The number of aliphatic imine (C=N–C) groups is 1. The first-order valence-electron chi connectivity index (χ1n) is 7.22. The van der Waals surface area contributed by atoms with Crippen LogP contribution in [0.5, 0.6) is 0 Å². The number of nitrogens with one attached hydrogen (secondary N) is 2. The Morgan fingerprint density at radius 2 is 2.09 bits per heavy atom. The fourth-order valence-corrected chi connectivity index (χ4v) is 3.55. The van der Waals surface area contributed by atoms with E-state index in [1.807, 2.05) is 17.5 Å². The van der Waals surface area contributed by atoms with Gasteiger partial charge < -0.3 is 15.1 Å². The summed E-state index contributed by atoms with van der Waals surface area (Å²) < 4.78 is 5.51. The summed E-state index contributed by atoms with van der Waals surface area (Å²) in [6.07, 6.45) is 1.68. The van der Waals surface area contributed by atoms with Crippen LogP contribution in [0.1, 0.15) is 16.1 Å². The van der Waals surface area contributed by atoms with Crippen LogP contribution in [0.4, 0.5) is 0 Å². The zero-order valence-corrected chi connectivity index (χ0v) is 14.6. The van der Waals surface area contributed by atoms with Gasteiger partial charge in [-0.05, 0) is 35.4 Å². The molecule has 7 heteroatoms. The zero-order chi connectivity index (χ0) is 16.1. The molecule has 3 heterocycles. The van der Waals surface area contributed by atoms with E-state index in [1.54, 1.807) is 36.0 Å². The average molecular weight is 346 g/mol. The van der Waals surface area contributed by atoms with Crippen LogP contribution in [-0.2, 0) is 13.1 Å². The highest BCUT2D eigenvalue weighted by Crippen LogP contribution is 2.23. The minimum atomic E-state index is 0.567. The van der Waals surface area contributed by atoms with Crippen molar-refractivity contribution in [2.24, 2.45) is 4.99 Å². The normalized spacial score (nSPS) is 11.7. The number of nitrogens with zero attached hydrogens (tertiary/aromatic N) is 2. The Morgan fingerprint density at radius 1 is 1.22 bits per heavy atom. The second-order valence-electron chi connectivity index (χ2n) is 4.93. The topological polar surface area (TPSA) is 62.5 Å². The van der Waals surface area contributed by atoms with E-state index < -0.39 is 0 Å². The van der Waals surface area contributed by atoms with Crippen molar-refractivity contribution in [3.63, 3.8) is 0 Å². The molecule has 2 N–H and O–H groups in total. The molecule has 0 bridgehead atoms. The lowest BCUT2D eigenvalue weighted by molar-refractivity contribution is 0.573. The van der Waals surface area contributed by atoms with Gasteiger partial charge in [-0.3, -0.25) is 4.99 Å². The molecule has 120 valence electrons. The van der Waals surface area contributed by atoms with E-state index in [1.165, 1.54) is 10.4 Å². The van der Waals surface area contributed by atoms with Crippen LogP contribution in [0.25, 0.3) is 10.8 Å². The van der Waals surface area contributed by atoms with Gasteiger partial charge in [0, 0.05) is 11.9 Å². The Morgan fingerprint density at radius 3 is 2.78 bits per heavy atom. The third-order valence-electron chi connectivity index (χ3n) is 3.33. The van der Waals surface area contributed by atoms with Gasteiger partial charge in [-0.2, -0.15) is 0 Å². The van der Waals surface area contributed by atoms with Crippen LogP contribution >= 0.6 is 22.7 Å². The molecule has 0 saturated heterocycles. The quantitative estimate of drug-likeness (QED) is 0.547. The molecule has 3 aromatic heterocycles. The van der Waals surface area contributed by atoms with Crippen molar-refractivity contribution in [2.75, 3.05) is 7.05 Å². The van der Waals surface area contributed by atoms with Crippen LogP contribution in [0.3, 0.4) is 0 Å². The van der Waals surface area contributed by atoms with Gasteiger partial charge in [0.15, 0.2) is 5.96 Å². The first-order chi connectivity index (χ1) is 11.3. The molecule has 0 fully saturated rings. The number of hydrogen-bond acceptors (Lipinski definition) is 5. The minimum absolute atomic E-state index is 0.567. The molecule has 0 radical (unpaired) electrons. The highest BCUT2D eigenvalue weighted by Gasteiger charge is 2.08. The van der Waals surface area contributed by atoms with Crippen LogP contribution < -0.4 is 10.6 Å². The van der Waals surface area contributed by atoms with Crippen molar-refractivity contribution in [1.82, 2.24) is 15.6 Å². The molecular weight excluding hydrogens is 328 g/mol. The summed E-state index contributed by atoms with van der Waals surface area (Å²) in [4.78, 5) is 11.1. The van der Waals surface area contributed by atoms with E-state index in [4.69, 9.17) is 4.42 Å². The van der Waals surface area contributed by atoms with Crippen molar-refractivity contribution >= 4 is 28.6 Å². The summed E-state index contributed by atoms with van der Waals surface area (Å²) in [5.74, 6) is 1.41. The van der Waals surface area contributed by atoms with E-state index in [-0.39, 0.29) is 0 Å². The molecule has 3 aromatic rings. The molecule has 0 aromatic carbocycles. The molecule has 5 nitrogen and oxygen atoms in total. The third kappa shape index (κ3) is 4.00. The fraction of sp³-hybridized carbons (Fsp3) is 0.250. The predicted molar refractivity (Wildman–Crippen MR) is 95.9 cm³/mol. The Kier molecular flexibility index (Phi) is 5.09. The Balaban J connectivity index is 1.53. The van der Waals surface area contributed by atoms with Crippen LogP contribution in [0.15, 0.2) is 44.6 Å². The molecule has 0 saturated carbocycles. The molecule has 0 aliphatic rings. The van der Waals surface area contributed by atoms with Crippen LogP contribution in [0, 0.1) is 6.92 Å². The molecule has 0 spiro atoms. The zero-order valence-electron chi connectivity index (χ0n) is 13.0. The Bertz CT molecular complexity index is 774. The fourth-order valence-electron chi connectivity index (χ4n) is 2.05. The smallest absolute Gasteiger partial charge is 0.236 e. The van der Waals surface area contributed by atoms with Gasteiger partial charge in [0.25, 0.3) is 0 Å². The minimum Gasteiger partial charge on any atom is -0.443 e. The highest BCUT2D eigenvalue weighted by atomic mass is 32.1. The van der Waals surface area contributed by atoms with Gasteiger partial charge in [0.05, 0.1) is 23.7 Å². The number of hydrogen-bond donors (Lipinski definition) is 2. The van der Waals surface area contributed by atoms with Gasteiger partial charge >= 0.3 is 0 Å². The van der Waals surface area contributed by atoms with Gasteiger partial charge in [-0.25, -0.2) is 4.98 Å². The second-order valence-corrected chi connectivity index (χ2v) is 6.88. The number of thiophene rings is 2. The maximum atomic E-state index is 5.51. The summed E-state index contributed by atoms with van der Waals surface area (Å²) in [5.41, 5.74) is 2.15. The van der Waals surface area contributed by atoms with Crippen molar-refractivity contribution in [3.8, 4) is 10.8 Å². The third-order valence-corrected chi connectivity index (χ3v) is 5.21. The summed E-state index contributed by atoms with van der Waals surface area (Å²) in [6, 6.07) is 6.11. The van der Waals surface area contributed by atoms with Gasteiger partial charge in [0.2, 0.25) is 5.89 Å². The van der Waals surface area contributed by atoms with Crippen LogP contribution in [-0.4, -0.2) is 18.0 Å².